The van der Waals surface area contributed by atoms with Crippen molar-refractivity contribution in [2.45, 2.75) is 37.8 Å². The van der Waals surface area contributed by atoms with Gasteiger partial charge in [-0.2, -0.15) is 0 Å². The molecule has 8 rings (SSSR count). The Bertz CT molecular complexity index is 2340. The van der Waals surface area contributed by atoms with Crippen LogP contribution in [-0.2, 0) is 20.7 Å². The van der Waals surface area contributed by atoms with Crippen LogP contribution in [0.2, 0.25) is 0 Å². The fraction of sp³-hybridized carbons (Fsp3) is 0.211. The van der Waals surface area contributed by atoms with Crippen LogP contribution in [-0.4, -0.2) is 46.4 Å². The molecule has 0 saturated carbocycles. The number of rotatable bonds is 4. The number of guanidine groups is 2. The van der Waals surface area contributed by atoms with Crippen molar-refractivity contribution >= 4 is 73.5 Å². The monoisotopic (exact) mass is 774 g/mol. The van der Waals surface area contributed by atoms with Gasteiger partial charge in [0.15, 0.2) is 34.9 Å². The van der Waals surface area contributed by atoms with Gasteiger partial charge in [0.05, 0.1) is 30.7 Å². The Morgan fingerprint density at radius 1 is 0.765 bits per heavy atom. The number of nitrogens with two attached hydrogens (primary N) is 2. The smallest absolute Gasteiger partial charge is 0.196 e. The molecule has 51 heavy (non-hydrogen) atoms. The van der Waals surface area contributed by atoms with Crippen LogP contribution in [0, 0.1) is 13.1 Å². The molecule has 0 radical (unpaired) electrons. The summed E-state index contributed by atoms with van der Waals surface area (Å²) in [6.07, 6.45) is 2.94. The molecule has 2 atom stereocenters. The summed E-state index contributed by atoms with van der Waals surface area (Å²) in [7, 11) is 0. The summed E-state index contributed by atoms with van der Waals surface area (Å²) in [6, 6.07) is 19.4. The van der Waals surface area contributed by atoms with Crippen LogP contribution in [0.4, 0.5) is 11.4 Å². The van der Waals surface area contributed by atoms with E-state index >= 15 is 0 Å². The van der Waals surface area contributed by atoms with E-state index in [4.69, 9.17) is 34.6 Å². The second kappa shape index (κ2) is 13.1. The molecule has 4 N–H and O–H groups in total. The SMILES string of the molecule is [C-]#[N+]c1cccc(-c2csc([C@]3(C)CC4=C(Br)C(=O)CN4C(N)=N3)c2)c1.[C-]#[N+]c1cccc(-c2csc([C@]3(C)CC4=CC(=O)CN4C(N)=N3)c2)c1. The van der Waals surface area contributed by atoms with E-state index in [0.717, 1.165) is 43.4 Å². The molecule has 0 fully saturated rings. The molecule has 0 spiro atoms. The van der Waals surface area contributed by atoms with Crippen molar-refractivity contribution in [3.63, 3.8) is 0 Å². The predicted molar refractivity (Wildman–Crippen MR) is 207 cm³/mol. The van der Waals surface area contributed by atoms with Gasteiger partial charge in [-0.15, -0.1) is 22.7 Å². The maximum absolute atomic E-state index is 12.0. The Morgan fingerprint density at radius 3 is 1.84 bits per heavy atom. The number of halogens is 1. The standard InChI is InChI=1S/C19H15BrN4OS.C19H16N4OS/c1-19(8-14-17(20)15(25)9-24(14)18(21)23-19)16-7-12(10-26-16)11-4-3-5-13(6-11)22-2;1-19(9-15-8-16(24)10-23(15)18(20)22-19)17-7-13(11-25-17)12-4-3-5-14(6-12)21-2/h3-7,10H,8-9H2,1H3,(H2,21,23);3-8,11H,9-10H2,1H3,(H2,20,22)/t2*19-/m00/s1. The summed E-state index contributed by atoms with van der Waals surface area (Å²) < 4.78 is 0.600. The van der Waals surface area contributed by atoms with Crippen LogP contribution in [0.5, 0.6) is 0 Å². The van der Waals surface area contributed by atoms with E-state index in [1.165, 1.54) is 0 Å². The highest BCUT2D eigenvalue weighted by Crippen LogP contribution is 2.45. The first-order valence-corrected chi connectivity index (χ1v) is 18.5. The molecule has 4 aromatic rings. The largest absolute Gasteiger partial charge is 0.369 e. The number of fused-ring (bicyclic) bond motifs is 2. The van der Waals surface area contributed by atoms with E-state index in [-0.39, 0.29) is 18.1 Å². The van der Waals surface area contributed by atoms with Gasteiger partial charge >= 0.3 is 0 Å². The van der Waals surface area contributed by atoms with Crippen LogP contribution in [0.25, 0.3) is 31.9 Å². The van der Waals surface area contributed by atoms with E-state index in [2.05, 4.69) is 48.5 Å². The number of benzene rings is 2. The molecular weight excluding hydrogens is 745 g/mol. The van der Waals surface area contributed by atoms with Crippen LogP contribution >= 0.6 is 38.6 Å². The minimum absolute atomic E-state index is 0.0326. The van der Waals surface area contributed by atoms with Gasteiger partial charge in [0.1, 0.15) is 11.1 Å². The highest BCUT2D eigenvalue weighted by molar-refractivity contribution is 9.12. The van der Waals surface area contributed by atoms with Crippen molar-refractivity contribution in [1.82, 2.24) is 9.80 Å². The summed E-state index contributed by atoms with van der Waals surface area (Å²) >= 11 is 6.66. The number of Topliss-reactive ketones (excluding diaryl/α,β-unsaturated/α-hetero) is 1. The predicted octanol–water partition coefficient (Wildman–Crippen LogP) is 8.06. The molecule has 0 unspecified atom stereocenters. The summed E-state index contributed by atoms with van der Waals surface area (Å²) in [5.41, 5.74) is 18.5. The van der Waals surface area contributed by atoms with E-state index in [0.29, 0.717) is 47.2 Å². The van der Waals surface area contributed by atoms with Crippen LogP contribution in [0.3, 0.4) is 0 Å². The van der Waals surface area contributed by atoms with Crippen LogP contribution < -0.4 is 11.5 Å². The summed E-state index contributed by atoms with van der Waals surface area (Å²) in [5, 5.41) is 4.15. The Kier molecular flexibility index (Phi) is 8.76. The lowest BCUT2D eigenvalue weighted by molar-refractivity contribution is -0.114. The lowest BCUT2D eigenvalue weighted by Gasteiger charge is -2.35. The minimum Gasteiger partial charge on any atom is -0.369 e. The van der Waals surface area contributed by atoms with E-state index in [1.54, 1.807) is 50.7 Å². The third-order valence-electron chi connectivity index (χ3n) is 9.30. The normalized spacial score (nSPS) is 22.3. The van der Waals surface area contributed by atoms with Gasteiger partial charge in [0.25, 0.3) is 0 Å². The molecule has 4 aliphatic rings. The van der Waals surface area contributed by atoms with Crippen molar-refractivity contribution < 1.29 is 9.59 Å². The van der Waals surface area contributed by atoms with E-state index in [1.807, 2.05) is 50.2 Å². The number of carbonyl (C=O) groups excluding carboxylic acids is 2. The second-order valence-corrected chi connectivity index (χ2v) is 15.6. The maximum atomic E-state index is 12.0. The molecule has 2 aromatic heterocycles. The lowest BCUT2D eigenvalue weighted by Crippen LogP contribution is -2.43. The van der Waals surface area contributed by atoms with Gasteiger partial charge < -0.3 is 21.3 Å². The molecule has 0 aliphatic carbocycles. The highest BCUT2D eigenvalue weighted by atomic mass is 79.9. The number of aliphatic imine (C=N–C) groups is 2. The zero-order valence-corrected chi connectivity index (χ0v) is 30.9. The topological polar surface area (TPSA) is 126 Å². The van der Waals surface area contributed by atoms with Gasteiger partial charge in [-0.3, -0.25) is 9.59 Å². The molecular formula is C38H31BrN8O2S2. The molecule has 10 nitrogen and oxygen atoms in total. The molecule has 0 amide bonds. The average Bonchev–Trinajstić information content (AvgIpc) is 3.93. The van der Waals surface area contributed by atoms with Gasteiger partial charge in [0.2, 0.25) is 0 Å². The zero-order valence-electron chi connectivity index (χ0n) is 27.7. The Balaban J connectivity index is 0.000000159. The fourth-order valence-corrected chi connectivity index (χ4v) is 9.17. The Hall–Kier alpha value is -5.34. The van der Waals surface area contributed by atoms with Gasteiger partial charge in [-0.1, -0.05) is 36.4 Å². The first kappa shape index (κ1) is 34.1. The van der Waals surface area contributed by atoms with Gasteiger partial charge in [-0.05, 0) is 87.1 Å². The number of carbonyl (C=O) groups is 2. The number of ketones is 2. The van der Waals surface area contributed by atoms with Crippen LogP contribution in [0.15, 0.2) is 103 Å². The molecule has 4 aliphatic heterocycles. The number of nitrogens with zero attached hydrogens (tertiary/aromatic N) is 6. The fourth-order valence-electron chi connectivity index (χ4n) is 6.64. The molecule has 0 bridgehead atoms. The number of hydrogen-bond donors (Lipinski definition) is 2. The first-order valence-electron chi connectivity index (χ1n) is 15.9. The van der Waals surface area contributed by atoms with Crippen molar-refractivity contribution in [3.05, 3.63) is 126 Å². The van der Waals surface area contributed by atoms with Crippen LogP contribution in [0.1, 0.15) is 36.4 Å². The summed E-state index contributed by atoms with van der Waals surface area (Å²) in [6.45, 7) is 19.0. The Labute approximate surface area is 311 Å². The molecule has 0 saturated heterocycles. The van der Waals surface area contributed by atoms with Crippen molar-refractivity contribution in [2.75, 3.05) is 13.1 Å². The second-order valence-electron chi connectivity index (χ2n) is 13.0. The average molecular weight is 776 g/mol. The highest BCUT2D eigenvalue weighted by Gasteiger charge is 2.42. The first-order chi connectivity index (χ1) is 24.4. The minimum atomic E-state index is -0.514. The lowest BCUT2D eigenvalue weighted by atomic mass is 9.92. The van der Waals surface area contributed by atoms with Crippen molar-refractivity contribution in [3.8, 4) is 22.3 Å². The quantitative estimate of drug-likeness (QED) is 0.202. The molecule has 6 heterocycles. The maximum Gasteiger partial charge on any atom is 0.196 e. The third kappa shape index (κ3) is 6.40. The number of thiophene rings is 2. The zero-order chi connectivity index (χ0) is 36.1. The summed E-state index contributed by atoms with van der Waals surface area (Å²) in [4.78, 5) is 45.8. The number of hydrogen-bond acceptors (Lipinski definition) is 10. The van der Waals surface area contributed by atoms with Crippen molar-refractivity contribution in [1.29, 1.82) is 0 Å². The molecule has 2 aromatic carbocycles. The van der Waals surface area contributed by atoms with Crippen molar-refractivity contribution in [2.24, 2.45) is 21.5 Å². The van der Waals surface area contributed by atoms with E-state index in [9.17, 15) is 9.59 Å². The van der Waals surface area contributed by atoms with E-state index < -0.39 is 11.1 Å². The van der Waals surface area contributed by atoms with Gasteiger partial charge in [0, 0.05) is 40.1 Å². The molecule has 254 valence electrons. The van der Waals surface area contributed by atoms with Gasteiger partial charge in [-0.25, -0.2) is 19.7 Å². The third-order valence-corrected chi connectivity index (χ3v) is 12.6. The summed E-state index contributed by atoms with van der Waals surface area (Å²) in [5.74, 6) is 0.878. The Morgan fingerprint density at radius 2 is 1.29 bits per heavy atom. The molecule has 13 heteroatoms.